The molecule has 1 amide bonds. The van der Waals surface area contributed by atoms with Crippen molar-refractivity contribution in [3.05, 3.63) is 65.7 Å². The first-order chi connectivity index (χ1) is 10.3. The normalized spacial score (nSPS) is 16.5. The maximum absolute atomic E-state index is 12.6. The molecule has 2 aliphatic heterocycles. The lowest BCUT2D eigenvalue weighted by atomic mass is 10.0. The van der Waals surface area contributed by atoms with Crippen LogP contribution in [0.2, 0.25) is 0 Å². The average molecular weight is 276 g/mol. The van der Waals surface area contributed by atoms with Gasteiger partial charge in [0.2, 0.25) is 0 Å². The summed E-state index contributed by atoms with van der Waals surface area (Å²) < 4.78 is 0. The Labute approximate surface area is 123 Å². The molecule has 0 radical (unpaired) electrons. The Hall–Kier alpha value is -2.55. The van der Waals surface area contributed by atoms with Crippen LogP contribution in [0.3, 0.4) is 0 Å². The van der Waals surface area contributed by atoms with Gasteiger partial charge in [-0.1, -0.05) is 24.8 Å². The highest BCUT2D eigenvalue weighted by atomic mass is 16.2. The molecule has 3 nitrogen and oxygen atoms in total. The van der Waals surface area contributed by atoms with Gasteiger partial charge in [-0.15, -0.1) is 0 Å². The Morgan fingerprint density at radius 1 is 1.10 bits per heavy atom. The summed E-state index contributed by atoms with van der Waals surface area (Å²) in [6, 6.07) is 13.8. The number of benzene rings is 2. The van der Waals surface area contributed by atoms with E-state index in [1.807, 2.05) is 30.3 Å². The monoisotopic (exact) mass is 276 g/mol. The molecule has 4 rings (SSSR count). The van der Waals surface area contributed by atoms with Crippen molar-refractivity contribution in [2.45, 2.75) is 12.8 Å². The topological polar surface area (TPSA) is 32.3 Å². The number of carbonyl (C=O) groups is 1. The van der Waals surface area contributed by atoms with E-state index in [9.17, 15) is 4.79 Å². The summed E-state index contributed by atoms with van der Waals surface area (Å²) in [5, 5.41) is 3.39. The van der Waals surface area contributed by atoms with Gasteiger partial charge in [0.1, 0.15) is 0 Å². The Kier molecular flexibility index (Phi) is 2.61. The minimum absolute atomic E-state index is 0.0133. The molecular formula is C18H16N2O. The molecule has 3 heteroatoms. The SMILES string of the molecule is C=C1c2ccccc2C(=O)N1c1ccc2c(c1)CCCN2. The molecule has 2 aromatic carbocycles. The molecule has 1 N–H and O–H groups in total. The summed E-state index contributed by atoms with van der Waals surface area (Å²) in [5.41, 5.74) is 5.79. The zero-order valence-electron chi connectivity index (χ0n) is 11.7. The highest BCUT2D eigenvalue weighted by Gasteiger charge is 2.32. The van der Waals surface area contributed by atoms with Gasteiger partial charge in [0, 0.05) is 29.0 Å². The minimum Gasteiger partial charge on any atom is -0.385 e. The number of nitrogens with zero attached hydrogens (tertiary/aromatic N) is 1. The minimum atomic E-state index is 0.0133. The molecule has 2 aliphatic rings. The van der Waals surface area contributed by atoms with E-state index >= 15 is 0 Å². The van der Waals surface area contributed by atoms with Gasteiger partial charge in [-0.25, -0.2) is 0 Å². The predicted molar refractivity (Wildman–Crippen MR) is 85.5 cm³/mol. The highest BCUT2D eigenvalue weighted by Crippen LogP contribution is 2.37. The Morgan fingerprint density at radius 2 is 1.90 bits per heavy atom. The number of aryl methyl sites for hydroxylation is 1. The van der Waals surface area contributed by atoms with Crippen LogP contribution in [0.25, 0.3) is 5.70 Å². The van der Waals surface area contributed by atoms with Gasteiger partial charge in [-0.2, -0.15) is 0 Å². The highest BCUT2D eigenvalue weighted by molar-refractivity contribution is 6.22. The molecule has 0 aliphatic carbocycles. The third-order valence-electron chi connectivity index (χ3n) is 4.23. The van der Waals surface area contributed by atoms with E-state index in [2.05, 4.69) is 24.0 Å². The van der Waals surface area contributed by atoms with E-state index in [-0.39, 0.29) is 5.91 Å². The van der Waals surface area contributed by atoms with Gasteiger partial charge in [0.15, 0.2) is 0 Å². The fourth-order valence-electron chi connectivity index (χ4n) is 3.16. The van der Waals surface area contributed by atoms with Gasteiger partial charge < -0.3 is 5.32 Å². The molecule has 2 heterocycles. The van der Waals surface area contributed by atoms with Crippen molar-refractivity contribution in [3.63, 3.8) is 0 Å². The molecule has 0 saturated carbocycles. The van der Waals surface area contributed by atoms with Gasteiger partial charge in [-0.05, 0) is 42.7 Å². The second-order valence-electron chi connectivity index (χ2n) is 5.50. The maximum Gasteiger partial charge on any atom is 0.263 e. The molecule has 0 bridgehead atoms. The van der Waals surface area contributed by atoms with Crippen LogP contribution >= 0.6 is 0 Å². The van der Waals surface area contributed by atoms with E-state index in [0.29, 0.717) is 0 Å². The van der Waals surface area contributed by atoms with Crippen LogP contribution in [0.15, 0.2) is 49.0 Å². The maximum atomic E-state index is 12.6. The lowest BCUT2D eigenvalue weighted by molar-refractivity contribution is 0.101. The van der Waals surface area contributed by atoms with Gasteiger partial charge in [0.05, 0.1) is 5.70 Å². The van der Waals surface area contributed by atoms with Gasteiger partial charge >= 0.3 is 0 Å². The fraction of sp³-hybridized carbons (Fsp3) is 0.167. The molecule has 0 saturated heterocycles. The lowest BCUT2D eigenvalue weighted by Gasteiger charge is -2.22. The van der Waals surface area contributed by atoms with Crippen LogP contribution in [0.5, 0.6) is 0 Å². The Morgan fingerprint density at radius 3 is 2.71 bits per heavy atom. The number of anilines is 2. The summed E-state index contributed by atoms with van der Waals surface area (Å²) in [6.45, 7) is 5.13. The Balaban J connectivity index is 1.78. The quantitative estimate of drug-likeness (QED) is 0.861. The zero-order valence-corrected chi connectivity index (χ0v) is 11.7. The average Bonchev–Trinajstić information content (AvgIpc) is 2.79. The van der Waals surface area contributed by atoms with Crippen LogP contribution in [0.4, 0.5) is 11.4 Å². The molecule has 0 spiro atoms. The number of hydrogen-bond acceptors (Lipinski definition) is 2. The summed E-state index contributed by atoms with van der Waals surface area (Å²) >= 11 is 0. The molecule has 0 atom stereocenters. The third kappa shape index (κ3) is 1.77. The summed E-state index contributed by atoms with van der Waals surface area (Å²) in [6.07, 6.45) is 2.18. The molecule has 2 aromatic rings. The van der Waals surface area contributed by atoms with Crippen molar-refractivity contribution in [3.8, 4) is 0 Å². The molecule has 0 unspecified atom stereocenters. The number of hydrogen-bond donors (Lipinski definition) is 1. The third-order valence-corrected chi connectivity index (χ3v) is 4.23. The van der Waals surface area contributed by atoms with Crippen molar-refractivity contribution in [2.24, 2.45) is 0 Å². The van der Waals surface area contributed by atoms with E-state index in [1.165, 1.54) is 11.3 Å². The number of rotatable bonds is 1. The lowest BCUT2D eigenvalue weighted by Crippen LogP contribution is -2.22. The standard InChI is InChI=1S/C18H16N2O/c1-12-15-6-2-3-7-16(15)18(21)20(12)14-8-9-17-13(11-14)5-4-10-19-17/h2-3,6-9,11,19H,1,4-5,10H2. The second kappa shape index (κ2) is 4.48. The van der Waals surface area contributed by atoms with E-state index in [0.717, 1.165) is 41.9 Å². The van der Waals surface area contributed by atoms with Crippen LogP contribution < -0.4 is 10.2 Å². The number of carbonyl (C=O) groups excluding carboxylic acids is 1. The van der Waals surface area contributed by atoms with Crippen molar-refractivity contribution in [2.75, 3.05) is 16.8 Å². The molecular weight excluding hydrogens is 260 g/mol. The first kappa shape index (κ1) is 12.2. The van der Waals surface area contributed by atoms with Crippen LogP contribution in [0.1, 0.15) is 27.9 Å². The molecule has 0 fully saturated rings. The van der Waals surface area contributed by atoms with Crippen molar-refractivity contribution >= 4 is 23.0 Å². The van der Waals surface area contributed by atoms with Crippen molar-refractivity contribution in [1.29, 1.82) is 0 Å². The van der Waals surface area contributed by atoms with Crippen LogP contribution in [-0.2, 0) is 6.42 Å². The number of nitrogens with one attached hydrogen (secondary N) is 1. The van der Waals surface area contributed by atoms with Crippen molar-refractivity contribution < 1.29 is 4.79 Å². The van der Waals surface area contributed by atoms with Crippen LogP contribution in [-0.4, -0.2) is 12.5 Å². The molecule has 0 aromatic heterocycles. The zero-order chi connectivity index (χ0) is 14.4. The smallest absolute Gasteiger partial charge is 0.263 e. The molecule has 21 heavy (non-hydrogen) atoms. The van der Waals surface area contributed by atoms with E-state index in [1.54, 1.807) is 4.90 Å². The predicted octanol–water partition coefficient (Wildman–Crippen LogP) is 3.68. The largest absolute Gasteiger partial charge is 0.385 e. The summed E-state index contributed by atoms with van der Waals surface area (Å²) in [4.78, 5) is 14.3. The number of amides is 1. The fourth-order valence-corrected chi connectivity index (χ4v) is 3.16. The first-order valence-corrected chi connectivity index (χ1v) is 7.25. The number of fused-ring (bicyclic) bond motifs is 2. The summed E-state index contributed by atoms with van der Waals surface area (Å²) in [7, 11) is 0. The second-order valence-corrected chi connectivity index (χ2v) is 5.50. The van der Waals surface area contributed by atoms with E-state index < -0.39 is 0 Å². The molecule has 104 valence electrons. The van der Waals surface area contributed by atoms with Crippen molar-refractivity contribution in [1.82, 2.24) is 0 Å². The summed E-state index contributed by atoms with van der Waals surface area (Å²) in [5.74, 6) is 0.0133. The van der Waals surface area contributed by atoms with Gasteiger partial charge in [0.25, 0.3) is 5.91 Å². The van der Waals surface area contributed by atoms with E-state index in [4.69, 9.17) is 0 Å². The Bertz CT molecular complexity index is 729. The first-order valence-electron chi connectivity index (χ1n) is 7.25. The van der Waals surface area contributed by atoms with Gasteiger partial charge in [-0.3, -0.25) is 9.69 Å². The van der Waals surface area contributed by atoms with Crippen LogP contribution in [0, 0.1) is 0 Å².